The van der Waals surface area contributed by atoms with Gasteiger partial charge >= 0.3 is 0 Å². The summed E-state index contributed by atoms with van der Waals surface area (Å²) in [6.07, 6.45) is 5.25. The molecule has 1 aliphatic heterocycles. The summed E-state index contributed by atoms with van der Waals surface area (Å²) in [5.74, 6) is 0.467. The number of para-hydroxylation sites is 1. The monoisotopic (exact) mass is 321 g/mol. The van der Waals surface area contributed by atoms with Gasteiger partial charge in [0.15, 0.2) is 0 Å². The first-order valence-electron chi connectivity index (χ1n) is 7.78. The van der Waals surface area contributed by atoms with Crippen molar-refractivity contribution in [2.45, 2.75) is 17.2 Å². The summed E-state index contributed by atoms with van der Waals surface area (Å²) < 4.78 is 0. The molecule has 1 saturated heterocycles. The van der Waals surface area contributed by atoms with Gasteiger partial charge in [-0.1, -0.05) is 18.2 Å². The van der Waals surface area contributed by atoms with Gasteiger partial charge in [-0.15, -0.1) is 12.6 Å². The van der Waals surface area contributed by atoms with E-state index in [-0.39, 0.29) is 0 Å². The van der Waals surface area contributed by atoms with Gasteiger partial charge in [0.2, 0.25) is 6.29 Å². The number of nitrogens with one attached hydrogen (secondary N) is 1. The third-order valence-corrected chi connectivity index (χ3v) is 4.96. The number of hydrogen-bond acceptors (Lipinski definition) is 3. The molecule has 1 N–H and O–H groups in total. The van der Waals surface area contributed by atoms with Crippen LogP contribution in [0.25, 0.3) is 10.9 Å². The molecular formula is C19H17N2OS. The minimum Gasteiger partial charge on any atom is -0.370 e. The summed E-state index contributed by atoms with van der Waals surface area (Å²) >= 11 is 4.40. The number of thiol groups is 1. The molecule has 1 atom stereocenters. The highest BCUT2D eigenvalue weighted by atomic mass is 32.1. The normalized spacial score (nSPS) is 17.8. The Morgan fingerprint density at radius 3 is 2.96 bits per heavy atom. The maximum atomic E-state index is 11.2. The number of aromatic nitrogens is 1. The van der Waals surface area contributed by atoms with E-state index in [0.717, 1.165) is 30.1 Å². The summed E-state index contributed by atoms with van der Waals surface area (Å²) in [6.45, 7) is 1.85. The standard InChI is InChI=1S/C19H17N2OS/c22-12-14-5-6-15(23)9-19(14)21-8-7-13(11-21)17-10-20-18-4-2-1-3-16(17)18/h1-6,9-10,13,20,23H,7-8,11H2. The number of anilines is 1. The predicted molar refractivity (Wildman–Crippen MR) is 96.4 cm³/mol. The second kappa shape index (κ2) is 5.78. The Morgan fingerprint density at radius 1 is 1.22 bits per heavy atom. The van der Waals surface area contributed by atoms with Gasteiger partial charge < -0.3 is 9.88 Å². The second-order valence-corrected chi connectivity index (χ2v) is 6.54. The Labute approximate surface area is 140 Å². The van der Waals surface area contributed by atoms with Crippen LogP contribution >= 0.6 is 12.6 Å². The largest absolute Gasteiger partial charge is 0.370 e. The first-order chi connectivity index (χ1) is 11.3. The number of nitrogens with zero attached hydrogens (tertiary/aromatic N) is 1. The predicted octanol–water partition coefficient (Wildman–Crippen LogP) is 3.91. The second-order valence-electron chi connectivity index (χ2n) is 6.02. The zero-order valence-corrected chi connectivity index (χ0v) is 13.5. The maximum Gasteiger partial charge on any atom is 0.235 e. The van der Waals surface area contributed by atoms with E-state index >= 15 is 0 Å². The van der Waals surface area contributed by atoms with E-state index in [1.54, 1.807) is 6.07 Å². The van der Waals surface area contributed by atoms with Crippen molar-refractivity contribution in [3.8, 4) is 0 Å². The lowest BCUT2D eigenvalue weighted by Gasteiger charge is -2.20. The van der Waals surface area contributed by atoms with Crippen LogP contribution < -0.4 is 4.90 Å². The summed E-state index contributed by atoms with van der Waals surface area (Å²) in [5, 5.41) is 1.30. The first-order valence-corrected chi connectivity index (χ1v) is 8.23. The van der Waals surface area contributed by atoms with Gasteiger partial charge in [-0.05, 0) is 36.2 Å². The van der Waals surface area contributed by atoms with E-state index in [1.165, 1.54) is 16.5 Å². The molecule has 0 spiro atoms. The highest BCUT2D eigenvalue weighted by Gasteiger charge is 2.27. The van der Waals surface area contributed by atoms with E-state index in [0.29, 0.717) is 11.5 Å². The Balaban J connectivity index is 1.65. The molecule has 3 nitrogen and oxygen atoms in total. The third kappa shape index (κ3) is 2.53. The quantitative estimate of drug-likeness (QED) is 0.718. The van der Waals surface area contributed by atoms with Gasteiger partial charge in [0, 0.05) is 52.3 Å². The average molecular weight is 321 g/mol. The third-order valence-electron chi connectivity index (χ3n) is 4.68. The molecule has 23 heavy (non-hydrogen) atoms. The van der Waals surface area contributed by atoms with Gasteiger partial charge in [-0.2, -0.15) is 0 Å². The Hall–Kier alpha value is -2.20. The van der Waals surface area contributed by atoms with Crippen molar-refractivity contribution in [3.05, 3.63) is 59.8 Å². The van der Waals surface area contributed by atoms with Gasteiger partial charge in [-0.25, -0.2) is 0 Å². The zero-order chi connectivity index (χ0) is 15.8. The molecule has 2 heterocycles. The Bertz CT molecular complexity index is 871. The number of aromatic amines is 1. The molecule has 1 aliphatic rings. The first kappa shape index (κ1) is 14.4. The Kier molecular flexibility index (Phi) is 3.62. The minimum absolute atomic E-state index is 0.467. The topological polar surface area (TPSA) is 36.1 Å². The van der Waals surface area contributed by atoms with Crippen molar-refractivity contribution in [2.24, 2.45) is 0 Å². The summed E-state index contributed by atoms with van der Waals surface area (Å²) in [4.78, 5) is 17.7. The summed E-state index contributed by atoms with van der Waals surface area (Å²) in [6, 6.07) is 14.0. The number of rotatable bonds is 3. The molecule has 4 heteroatoms. The van der Waals surface area contributed by atoms with Crippen LogP contribution in [0.15, 0.2) is 53.6 Å². The molecular weight excluding hydrogens is 304 g/mol. The van der Waals surface area contributed by atoms with Crippen molar-refractivity contribution in [3.63, 3.8) is 0 Å². The molecule has 0 saturated carbocycles. The summed E-state index contributed by atoms with van der Waals surface area (Å²) in [7, 11) is 0. The summed E-state index contributed by atoms with van der Waals surface area (Å²) in [5.41, 5.74) is 4.10. The van der Waals surface area contributed by atoms with Gasteiger partial charge in [0.05, 0.1) is 0 Å². The molecule has 4 rings (SSSR count). The minimum atomic E-state index is 0.467. The molecule has 3 aromatic rings. The highest BCUT2D eigenvalue weighted by Crippen LogP contribution is 2.36. The van der Waals surface area contributed by atoms with Gasteiger partial charge in [0.1, 0.15) is 0 Å². The molecule has 1 radical (unpaired) electrons. The number of carbonyl (C=O) groups excluding carboxylic acids is 1. The van der Waals surface area contributed by atoms with Crippen LogP contribution in [-0.4, -0.2) is 24.4 Å². The number of benzene rings is 2. The van der Waals surface area contributed by atoms with E-state index < -0.39 is 0 Å². The van der Waals surface area contributed by atoms with E-state index in [2.05, 4.69) is 46.9 Å². The molecule has 0 aliphatic carbocycles. The van der Waals surface area contributed by atoms with Crippen LogP contribution in [0.1, 0.15) is 23.5 Å². The van der Waals surface area contributed by atoms with Gasteiger partial charge in [0.25, 0.3) is 0 Å². The number of fused-ring (bicyclic) bond motifs is 1. The van der Waals surface area contributed by atoms with Crippen LogP contribution in [-0.2, 0) is 4.79 Å². The van der Waals surface area contributed by atoms with Crippen molar-refractivity contribution < 1.29 is 4.79 Å². The van der Waals surface area contributed by atoms with E-state index in [9.17, 15) is 4.79 Å². The Morgan fingerprint density at radius 2 is 2.09 bits per heavy atom. The molecule has 1 fully saturated rings. The fourth-order valence-electron chi connectivity index (χ4n) is 3.53. The lowest BCUT2D eigenvalue weighted by Crippen LogP contribution is -2.20. The number of hydrogen-bond donors (Lipinski definition) is 2. The van der Waals surface area contributed by atoms with Crippen LogP contribution in [0.4, 0.5) is 5.69 Å². The van der Waals surface area contributed by atoms with E-state index in [1.807, 2.05) is 24.5 Å². The van der Waals surface area contributed by atoms with Crippen molar-refractivity contribution >= 4 is 35.5 Å². The lowest BCUT2D eigenvalue weighted by molar-refractivity contribution is 0.562. The SMILES string of the molecule is O=[C]c1ccc(S)cc1N1CCC(c2c[nH]c3ccccc23)C1. The fraction of sp³-hybridized carbons (Fsp3) is 0.211. The highest BCUT2D eigenvalue weighted by molar-refractivity contribution is 7.80. The van der Waals surface area contributed by atoms with Crippen LogP contribution in [0, 0.1) is 0 Å². The molecule has 0 amide bonds. The van der Waals surface area contributed by atoms with Crippen molar-refractivity contribution in [2.75, 3.05) is 18.0 Å². The van der Waals surface area contributed by atoms with E-state index in [4.69, 9.17) is 0 Å². The fourth-order valence-corrected chi connectivity index (χ4v) is 3.73. The maximum absolute atomic E-state index is 11.2. The van der Waals surface area contributed by atoms with Crippen molar-refractivity contribution in [1.82, 2.24) is 4.98 Å². The molecule has 1 aromatic heterocycles. The van der Waals surface area contributed by atoms with Gasteiger partial charge in [-0.3, -0.25) is 4.79 Å². The molecule has 0 bridgehead atoms. The van der Waals surface area contributed by atoms with Crippen molar-refractivity contribution in [1.29, 1.82) is 0 Å². The average Bonchev–Trinajstić information content (AvgIpc) is 3.21. The molecule has 115 valence electrons. The van der Waals surface area contributed by atoms with Crippen LogP contribution in [0.3, 0.4) is 0 Å². The molecule has 1 unspecified atom stereocenters. The number of H-pyrrole nitrogens is 1. The van der Waals surface area contributed by atoms with Crippen LogP contribution in [0.5, 0.6) is 0 Å². The zero-order valence-electron chi connectivity index (χ0n) is 12.6. The smallest absolute Gasteiger partial charge is 0.235 e. The molecule has 2 aromatic carbocycles. The lowest BCUT2D eigenvalue weighted by atomic mass is 9.98. The van der Waals surface area contributed by atoms with Crippen LogP contribution in [0.2, 0.25) is 0 Å².